The Hall–Kier alpha value is -2.02. The van der Waals surface area contributed by atoms with Crippen molar-refractivity contribution in [2.24, 2.45) is 0 Å². The summed E-state index contributed by atoms with van der Waals surface area (Å²) in [6.07, 6.45) is 1.41. The van der Waals surface area contributed by atoms with Crippen molar-refractivity contribution in [1.29, 1.82) is 0 Å². The van der Waals surface area contributed by atoms with E-state index in [1.165, 1.54) is 18.0 Å². The third kappa shape index (κ3) is 3.74. The first kappa shape index (κ1) is 14.4. The fraction of sp³-hybridized carbons (Fsp3) is 0.308. The van der Waals surface area contributed by atoms with E-state index in [0.29, 0.717) is 23.0 Å². The number of carbonyl (C=O) groups excluding carboxylic acids is 1. The van der Waals surface area contributed by atoms with Gasteiger partial charge in [0.1, 0.15) is 11.5 Å². The van der Waals surface area contributed by atoms with Gasteiger partial charge in [0.2, 0.25) is 5.91 Å². The van der Waals surface area contributed by atoms with E-state index < -0.39 is 0 Å². The Labute approximate surface area is 121 Å². The van der Waals surface area contributed by atoms with Crippen LogP contribution in [-0.4, -0.2) is 28.8 Å². The van der Waals surface area contributed by atoms with E-state index in [1.54, 1.807) is 43.1 Å². The van der Waals surface area contributed by atoms with Crippen molar-refractivity contribution in [3.63, 3.8) is 0 Å². The molecule has 0 aliphatic rings. The molecule has 0 fully saturated rings. The van der Waals surface area contributed by atoms with Gasteiger partial charge in [-0.1, -0.05) is 5.16 Å². The number of aromatic nitrogens is 2. The van der Waals surface area contributed by atoms with Gasteiger partial charge in [0.15, 0.2) is 6.20 Å². The lowest BCUT2D eigenvalue weighted by Crippen LogP contribution is -2.31. The van der Waals surface area contributed by atoms with Crippen LogP contribution < -0.4 is 4.73 Å². The molecular weight excluding hydrogens is 278 g/mol. The van der Waals surface area contributed by atoms with E-state index in [1.807, 2.05) is 0 Å². The van der Waals surface area contributed by atoms with Gasteiger partial charge < -0.3 is 14.6 Å². The van der Waals surface area contributed by atoms with Gasteiger partial charge in [-0.2, -0.15) is 4.73 Å². The maximum atomic E-state index is 12.0. The van der Waals surface area contributed by atoms with Crippen LogP contribution in [0.25, 0.3) is 0 Å². The minimum absolute atomic E-state index is 0.0699. The number of amides is 1. The average molecular weight is 293 g/mol. The second-order valence-corrected chi connectivity index (χ2v) is 5.33. The van der Waals surface area contributed by atoms with E-state index in [4.69, 9.17) is 4.52 Å². The second kappa shape index (κ2) is 6.42. The lowest BCUT2D eigenvalue weighted by molar-refractivity contribution is -0.645. The highest BCUT2D eigenvalue weighted by atomic mass is 32.2. The van der Waals surface area contributed by atoms with Crippen LogP contribution >= 0.6 is 11.8 Å². The first-order valence-electron chi connectivity index (χ1n) is 6.03. The number of pyridine rings is 1. The number of thioether (sulfide) groups is 1. The molecule has 0 bridgehead atoms. The maximum Gasteiger partial charge on any atom is 0.251 e. The SMILES string of the molecule is Cc1cc(CN(C)C(=O)CSc2cccc[n+]2[O-])no1. The number of hydrogen-bond donors (Lipinski definition) is 0. The predicted molar refractivity (Wildman–Crippen MR) is 73.8 cm³/mol. The highest BCUT2D eigenvalue weighted by molar-refractivity contribution is 7.99. The van der Waals surface area contributed by atoms with Gasteiger partial charge in [0, 0.05) is 25.2 Å². The number of hydrogen-bond acceptors (Lipinski definition) is 5. The van der Waals surface area contributed by atoms with Crippen molar-refractivity contribution < 1.29 is 14.0 Å². The Morgan fingerprint density at radius 1 is 1.55 bits per heavy atom. The van der Waals surface area contributed by atoms with Crippen molar-refractivity contribution >= 4 is 17.7 Å². The molecule has 106 valence electrons. The van der Waals surface area contributed by atoms with Crippen molar-refractivity contribution in [2.45, 2.75) is 18.5 Å². The third-order valence-corrected chi connectivity index (χ3v) is 3.64. The average Bonchev–Trinajstić information content (AvgIpc) is 2.82. The standard InChI is InChI=1S/C13H15N3O3S/c1-10-7-11(14-19-10)8-15(2)12(17)9-20-13-5-3-4-6-16(13)18/h3-7H,8-9H2,1-2H3. The summed E-state index contributed by atoms with van der Waals surface area (Å²) in [6.45, 7) is 2.19. The Balaban J connectivity index is 1.87. The molecule has 0 saturated carbocycles. The van der Waals surface area contributed by atoms with Gasteiger partial charge >= 0.3 is 0 Å². The van der Waals surface area contributed by atoms with Crippen LogP contribution in [0.5, 0.6) is 0 Å². The molecule has 0 atom stereocenters. The van der Waals surface area contributed by atoms with Crippen LogP contribution in [0.1, 0.15) is 11.5 Å². The highest BCUT2D eigenvalue weighted by Gasteiger charge is 2.14. The van der Waals surface area contributed by atoms with Gasteiger partial charge in [-0.05, 0) is 24.8 Å². The van der Waals surface area contributed by atoms with Crippen molar-refractivity contribution in [3.8, 4) is 0 Å². The van der Waals surface area contributed by atoms with Gasteiger partial charge in [-0.3, -0.25) is 4.79 Å². The summed E-state index contributed by atoms with van der Waals surface area (Å²) in [5, 5.41) is 15.8. The zero-order valence-electron chi connectivity index (χ0n) is 11.3. The molecule has 0 aliphatic carbocycles. The molecule has 2 aromatic rings. The molecule has 7 heteroatoms. The zero-order chi connectivity index (χ0) is 14.5. The Morgan fingerprint density at radius 2 is 2.35 bits per heavy atom. The molecule has 2 heterocycles. The quantitative estimate of drug-likeness (QED) is 0.473. The van der Waals surface area contributed by atoms with Crippen molar-refractivity contribution in [1.82, 2.24) is 10.1 Å². The fourth-order valence-electron chi connectivity index (χ4n) is 1.59. The summed E-state index contributed by atoms with van der Waals surface area (Å²) >= 11 is 1.21. The largest absolute Gasteiger partial charge is 0.618 e. The second-order valence-electron chi connectivity index (χ2n) is 4.33. The first-order valence-corrected chi connectivity index (χ1v) is 7.02. The van der Waals surface area contributed by atoms with E-state index in [9.17, 15) is 10.0 Å². The summed E-state index contributed by atoms with van der Waals surface area (Å²) < 4.78 is 5.70. The minimum atomic E-state index is -0.0699. The summed E-state index contributed by atoms with van der Waals surface area (Å²) in [7, 11) is 1.70. The lowest BCUT2D eigenvalue weighted by atomic mass is 10.3. The Bertz CT molecular complexity index is 600. The molecule has 0 aliphatic heterocycles. The smallest absolute Gasteiger partial charge is 0.251 e. The van der Waals surface area contributed by atoms with Gasteiger partial charge in [0.05, 0.1) is 12.3 Å². The topological polar surface area (TPSA) is 73.3 Å². The molecule has 0 N–H and O–H groups in total. The Kier molecular flexibility index (Phi) is 4.62. The number of carbonyl (C=O) groups is 1. The van der Waals surface area contributed by atoms with E-state index in [-0.39, 0.29) is 11.7 Å². The van der Waals surface area contributed by atoms with Gasteiger partial charge in [-0.15, -0.1) is 0 Å². The maximum absolute atomic E-state index is 12.0. The summed E-state index contributed by atoms with van der Waals surface area (Å²) in [4.78, 5) is 13.5. The van der Waals surface area contributed by atoms with Crippen LogP contribution in [0, 0.1) is 12.1 Å². The Morgan fingerprint density at radius 3 is 3.00 bits per heavy atom. The van der Waals surface area contributed by atoms with Crippen LogP contribution in [-0.2, 0) is 11.3 Å². The third-order valence-electron chi connectivity index (χ3n) is 2.63. The van der Waals surface area contributed by atoms with Crippen LogP contribution in [0.15, 0.2) is 40.0 Å². The molecule has 0 unspecified atom stereocenters. The molecule has 6 nitrogen and oxygen atoms in total. The van der Waals surface area contributed by atoms with Crippen LogP contribution in [0.4, 0.5) is 0 Å². The summed E-state index contributed by atoms with van der Waals surface area (Å²) in [5.74, 6) is 0.853. The van der Waals surface area contributed by atoms with Gasteiger partial charge in [-0.25, -0.2) is 0 Å². The molecule has 0 aromatic carbocycles. The van der Waals surface area contributed by atoms with E-state index in [2.05, 4.69) is 5.16 Å². The molecular formula is C13H15N3O3S. The normalized spacial score (nSPS) is 10.5. The molecule has 0 radical (unpaired) electrons. The summed E-state index contributed by atoms with van der Waals surface area (Å²) in [5.41, 5.74) is 0.710. The first-order chi connectivity index (χ1) is 9.56. The zero-order valence-corrected chi connectivity index (χ0v) is 12.1. The molecule has 20 heavy (non-hydrogen) atoms. The van der Waals surface area contributed by atoms with Crippen molar-refractivity contribution in [3.05, 3.63) is 47.1 Å². The van der Waals surface area contributed by atoms with Crippen molar-refractivity contribution in [2.75, 3.05) is 12.8 Å². The molecule has 0 saturated heterocycles. The number of aryl methyl sites for hydroxylation is 1. The minimum Gasteiger partial charge on any atom is -0.618 e. The van der Waals surface area contributed by atoms with Gasteiger partial charge in [0.25, 0.3) is 5.03 Å². The number of nitrogens with zero attached hydrogens (tertiary/aromatic N) is 3. The molecule has 1 amide bonds. The molecule has 2 rings (SSSR count). The van der Waals surface area contributed by atoms with Crippen LogP contribution in [0.2, 0.25) is 0 Å². The van der Waals surface area contributed by atoms with E-state index in [0.717, 1.165) is 4.73 Å². The lowest BCUT2D eigenvalue weighted by Gasteiger charge is -2.14. The van der Waals surface area contributed by atoms with Crippen LogP contribution in [0.3, 0.4) is 0 Å². The predicted octanol–water partition coefficient (Wildman–Crippen LogP) is 1.37. The monoisotopic (exact) mass is 293 g/mol. The van der Waals surface area contributed by atoms with E-state index >= 15 is 0 Å². The molecule has 2 aromatic heterocycles. The molecule has 0 spiro atoms. The highest BCUT2D eigenvalue weighted by Crippen LogP contribution is 2.14. The number of rotatable bonds is 5. The fourth-order valence-corrected chi connectivity index (χ4v) is 2.45. The summed E-state index contributed by atoms with van der Waals surface area (Å²) in [6, 6.07) is 6.90.